The van der Waals surface area contributed by atoms with Gasteiger partial charge in [-0.25, -0.2) is 4.98 Å². The third kappa shape index (κ3) is 4.78. The van der Waals surface area contributed by atoms with Gasteiger partial charge in [-0.15, -0.1) is 0 Å². The molecule has 0 fully saturated rings. The molecule has 0 saturated heterocycles. The van der Waals surface area contributed by atoms with Crippen LogP contribution in [0.2, 0.25) is 0 Å². The number of amides is 1. The van der Waals surface area contributed by atoms with E-state index in [4.69, 9.17) is 4.74 Å². The number of methoxy groups -OCH3 is 1. The van der Waals surface area contributed by atoms with Gasteiger partial charge in [0.15, 0.2) is 0 Å². The number of rotatable bonds is 7. The molecule has 3 aromatic rings. The van der Waals surface area contributed by atoms with Gasteiger partial charge in [-0.3, -0.25) is 14.3 Å². The van der Waals surface area contributed by atoms with E-state index in [1.165, 1.54) is 7.11 Å². The van der Waals surface area contributed by atoms with Crippen LogP contribution in [0, 0.1) is 6.92 Å². The molecule has 0 aliphatic carbocycles. The smallest absolute Gasteiger partial charge is 0.305 e. The van der Waals surface area contributed by atoms with Crippen LogP contribution in [0.5, 0.6) is 5.75 Å². The van der Waals surface area contributed by atoms with Crippen molar-refractivity contribution in [2.45, 2.75) is 19.4 Å². The number of benzene rings is 1. The quantitative estimate of drug-likeness (QED) is 0.638. The third-order valence-electron chi connectivity index (χ3n) is 4.45. The highest BCUT2D eigenvalue weighted by atomic mass is 16.5. The van der Waals surface area contributed by atoms with Gasteiger partial charge in [-0.05, 0) is 24.6 Å². The number of aryl methyl sites for hydroxylation is 2. The van der Waals surface area contributed by atoms with Gasteiger partial charge in [0.2, 0.25) is 0 Å². The summed E-state index contributed by atoms with van der Waals surface area (Å²) in [5.41, 5.74) is 3.12. The van der Waals surface area contributed by atoms with Crippen molar-refractivity contribution in [3.8, 4) is 17.0 Å². The second-order valence-electron chi connectivity index (χ2n) is 6.68. The summed E-state index contributed by atoms with van der Waals surface area (Å²) in [4.78, 5) is 28.6. The van der Waals surface area contributed by atoms with E-state index in [0.717, 1.165) is 5.56 Å². The number of nitrogens with one attached hydrogen (secondary N) is 1. The molecule has 3 rings (SSSR count). The number of hydrogen-bond acceptors (Lipinski definition) is 5. The van der Waals surface area contributed by atoms with Crippen LogP contribution < -0.4 is 10.1 Å². The topological polar surface area (TPSA) is 106 Å². The summed E-state index contributed by atoms with van der Waals surface area (Å²) in [6.07, 6.45) is 3.17. The summed E-state index contributed by atoms with van der Waals surface area (Å²) in [5, 5.41) is 16.2. The van der Waals surface area contributed by atoms with Gasteiger partial charge in [0.1, 0.15) is 17.1 Å². The van der Waals surface area contributed by atoms with E-state index in [1.807, 2.05) is 31.2 Å². The predicted molar refractivity (Wildman–Crippen MR) is 107 cm³/mol. The van der Waals surface area contributed by atoms with Gasteiger partial charge in [0.25, 0.3) is 5.91 Å². The molecule has 8 heteroatoms. The zero-order valence-electron chi connectivity index (χ0n) is 16.4. The molecule has 0 bridgehead atoms. The zero-order valence-corrected chi connectivity index (χ0v) is 16.4. The fraction of sp³-hybridized carbons (Fsp3) is 0.238. The Balaban J connectivity index is 1.89. The van der Waals surface area contributed by atoms with Crippen molar-refractivity contribution >= 4 is 11.9 Å². The molecule has 150 valence electrons. The minimum absolute atomic E-state index is 0.159. The second kappa shape index (κ2) is 8.55. The van der Waals surface area contributed by atoms with Crippen LogP contribution in [0.15, 0.2) is 48.8 Å². The highest BCUT2D eigenvalue weighted by Gasteiger charge is 2.21. The molecule has 1 aromatic carbocycles. The van der Waals surface area contributed by atoms with Gasteiger partial charge < -0.3 is 15.2 Å². The second-order valence-corrected chi connectivity index (χ2v) is 6.68. The highest BCUT2D eigenvalue weighted by Crippen LogP contribution is 2.28. The SMILES string of the molecule is COc1ccc(C(=O)NC(CC(=O)O)c2ccc(C)cc2)nc1-c1cnn(C)c1. The van der Waals surface area contributed by atoms with E-state index in [0.29, 0.717) is 22.6 Å². The van der Waals surface area contributed by atoms with E-state index in [9.17, 15) is 14.7 Å². The number of aliphatic carboxylic acids is 1. The van der Waals surface area contributed by atoms with Crippen LogP contribution in [-0.2, 0) is 11.8 Å². The summed E-state index contributed by atoms with van der Waals surface area (Å²) in [7, 11) is 3.31. The first kappa shape index (κ1) is 20.1. The third-order valence-corrected chi connectivity index (χ3v) is 4.45. The molecule has 1 atom stereocenters. The summed E-state index contributed by atoms with van der Waals surface area (Å²) < 4.78 is 6.98. The Hall–Kier alpha value is -3.68. The highest BCUT2D eigenvalue weighted by molar-refractivity contribution is 5.93. The number of carboxylic acids is 1. The predicted octanol–water partition coefficient (Wildman–Crippen LogP) is 2.74. The van der Waals surface area contributed by atoms with Gasteiger partial charge in [-0.1, -0.05) is 29.8 Å². The molecule has 29 heavy (non-hydrogen) atoms. The summed E-state index contributed by atoms with van der Waals surface area (Å²) in [6.45, 7) is 1.94. The van der Waals surface area contributed by atoms with Crippen LogP contribution in [0.3, 0.4) is 0 Å². The average molecular weight is 394 g/mol. The molecular formula is C21H22N4O4. The van der Waals surface area contributed by atoms with E-state index < -0.39 is 17.9 Å². The number of carbonyl (C=O) groups is 2. The molecule has 1 unspecified atom stereocenters. The number of hydrogen-bond donors (Lipinski definition) is 2. The molecule has 0 saturated carbocycles. The lowest BCUT2D eigenvalue weighted by Gasteiger charge is -2.18. The first-order valence-corrected chi connectivity index (χ1v) is 9.00. The first-order valence-electron chi connectivity index (χ1n) is 9.00. The fourth-order valence-corrected chi connectivity index (χ4v) is 2.95. The normalized spacial score (nSPS) is 11.7. The van der Waals surface area contributed by atoms with Crippen LogP contribution >= 0.6 is 0 Å². The van der Waals surface area contributed by atoms with Crippen LogP contribution in [-0.4, -0.2) is 38.9 Å². The van der Waals surface area contributed by atoms with Crippen LogP contribution in [0.4, 0.5) is 0 Å². The lowest BCUT2D eigenvalue weighted by Crippen LogP contribution is -2.30. The largest absolute Gasteiger partial charge is 0.494 e. The van der Waals surface area contributed by atoms with E-state index >= 15 is 0 Å². The van der Waals surface area contributed by atoms with E-state index in [-0.39, 0.29) is 12.1 Å². The minimum Gasteiger partial charge on any atom is -0.494 e. The molecule has 8 nitrogen and oxygen atoms in total. The summed E-state index contributed by atoms with van der Waals surface area (Å²) in [5.74, 6) is -0.964. The molecular weight excluding hydrogens is 372 g/mol. The fourth-order valence-electron chi connectivity index (χ4n) is 2.95. The standard InChI is InChI=1S/C21H22N4O4/c1-13-4-6-14(7-5-13)17(10-19(26)27)24-21(28)16-8-9-18(29-3)20(23-16)15-11-22-25(2)12-15/h4-9,11-12,17H,10H2,1-3H3,(H,24,28)(H,26,27). The van der Waals surface area contributed by atoms with Crippen LogP contribution in [0.25, 0.3) is 11.3 Å². The van der Waals surface area contributed by atoms with Crippen molar-refractivity contribution < 1.29 is 19.4 Å². The molecule has 2 N–H and O–H groups in total. The van der Waals surface area contributed by atoms with Gasteiger partial charge in [-0.2, -0.15) is 5.10 Å². The Morgan fingerprint density at radius 1 is 1.21 bits per heavy atom. The number of aromatic nitrogens is 3. The van der Waals surface area contributed by atoms with Crippen molar-refractivity contribution in [2.24, 2.45) is 7.05 Å². The van der Waals surface area contributed by atoms with Crippen molar-refractivity contribution in [2.75, 3.05) is 7.11 Å². The maximum Gasteiger partial charge on any atom is 0.305 e. The Labute approximate surface area is 168 Å². The number of pyridine rings is 1. The van der Waals surface area contributed by atoms with E-state index in [2.05, 4.69) is 15.4 Å². The van der Waals surface area contributed by atoms with Crippen molar-refractivity contribution in [3.63, 3.8) is 0 Å². The maximum atomic E-state index is 12.8. The van der Waals surface area contributed by atoms with Gasteiger partial charge in [0.05, 0.1) is 25.8 Å². The molecule has 0 aliphatic heterocycles. The van der Waals surface area contributed by atoms with Gasteiger partial charge in [0, 0.05) is 18.8 Å². The van der Waals surface area contributed by atoms with Crippen molar-refractivity contribution in [1.82, 2.24) is 20.1 Å². The Morgan fingerprint density at radius 3 is 2.52 bits per heavy atom. The Morgan fingerprint density at radius 2 is 1.93 bits per heavy atom. The monoisotopic (exact) mass is 394 g/mol. The summed E-state index contributed by atoms with van der Waals surface area (Å²) >= 11 is 0. The van der Waals surface area contributed by atoms with Crippen molar-refractivity contribution in [3.05, 3.63) is 65.6 Å². The number of carbonyl (C=O) groups excluding carboxylic acids is 1. The Kier molecular flexibility index (Phi) is 5.92. The molecule has 2 aromatic heterocycles. The molecule has 0 aliphatic rings. The minimum atomic E-state index is -1.00. The lowest BCUT2D eigenvalue weighted by molar-refractivity contribution is -0.137. The van der Waals surface area contributed by atoms with Crippen LogP contribution in [0.1, 0.15) is 34.1 Å². The molecule has 1 amide bonds. The summed E-state index contributed by atoms with van der Waals surface area (Å²) in [6, 6.07) is 9.90. The van der Waals surface area contributed by atoms with Gasteiger partial charge >= 0.3 is 5.97 Å². The average Bonchev–Trinajstić information content (AvgIpc) is 3.13. The van der Waals surface area contributed by atoms with E-state index in [1.54, 1.807) is 36.3 Å². The lowest BCUT2D eigenvalue weighted by atomic mass is 10.0. The zero-order chi connectivity index (χ0) is 21.0. The number of ether oxygens (including phenoxy) is 1. The number of carboxylic acid groups (broad SMARTS) is 1. The molecule has 0 spiro atoms. The van der Waals surface area contributed by atoms with Crippen molar-refractivity contribution in [1.29, 1.82) is 0 Å². The Bertz CT molecular complexity index is 1030. The molecule has 0 radical (unpaired) electrons. The number of nitrogens with zero attached hydrogens (tertiary/aromatic N) is 3. The maximum absolute atomic E-state index is 12.8. The first-order chi connectivity index (χ1) is 13.9. The molecule has 2 heterocycles.